The molecule has 3 N–H and O–H groups in total. The lowest BCUT2D eigenvalue weighted by molar-refractivity contribution is -0.143. The number of amides is 1. The molecule has 2 aromatic carbocycles. The zero-order valence-corrected chi connectivity index (χ0v) is 20.6. The van der Waals surface area contributed by atoms with Gasteiger partial charge < -0.3 is 30.0 Å². The minimum absolute atomic E-state index is 0.00143. The molecule has 4 rings (SSSR count). The van der Waals surface area contributed by atoms with E-state index in [0.717, 1.165) is 0 Å². The van der Waals surface area contributed by atoms with Crippen molar-refractivity contribution in [3.63, 3.8) is 0 Å². The van der Waals surface area contributed by atoms with E-state index in [1.807, 2.05) is 0 Å². The Morgan fingerprint density at radius 2 is 1.77 bits per heavy atom. The number of esters is 2. The number of carbonyl (C=O) groups is 3. The van der Waals surface area contributed by atoms with Crippen LogP contribution in [0.3, 0.4) is 0 Å². The van der Waals surface area contributed by atoms with Crippen molar-refractivity contribution >= 4 is 45.2 Å². The Morgan fingerprint density at radius 3 is 2.46 bits per heavy atom. The number of nitrogens with one attached hydrogen (secondary N) is 1. The average Bonchev–Trinajstić information content (AvgIpc) is 3.11. The first-order valence-corrected chi connectivity index (χ1v) is 11.6. The maximum absolute atomic E-state index is 13.9. The Hall–Kier alpha value is -3.63. The predicted molar refractivity (Wildman–Crippen MR) is 130 cm³/mol. The van der Waals surface area contributed by atoms with E-state index in [1.165, 1.54) is 7.11 Å². The molecule has 1 spiro atoms. The number of anilines is 1. The van der Waals surface area contributed by atoms with Gasteiger partial charge in [-0.05, 0) is 25.1 Å². The molecule has 2 aliphatic rings. The predicted octanol–water partition coefficient (Wildman–Crippen LogP) is 3.00. The van der Waals surface area contributed by atoms with Crippen LogP contribution in [-0.2, 0) is 38.7 Å². The number of fused-ring (bicyclic) bond motifs is 2. The smallest absolute Gasteiger partial charge is 0.341 e. The van der Waals surface area contributed by atoms with Gasteiger partial charge in [-0.15, -0.1) is 0 Å². The summed E-state index contributed by atoms with van der Waals surface area (Å²) in [6, 6.07) is 13.7. The summed E-state index contributed by atoms with van der Waals surface area (Å²) < 4.78 is 22.2. The van der Waals surface area contributed by atoms with E-state index in [2.05, 4.69) is 21.2 Å². The molecule has 1 atom stereocenters. The normalized spacial score (nSPS) is 18.8. The van der Waals surface area contributed by atoms with E-state index < -0.39 is 23.3 Å². The van der Waals surface area contributed by atoms with E-state index >= 15 is 0 Å². The molecule has 2 aliphatic heterocycles. The van der Waals surface area contributed by atoms with Crippen LogP contribution in [0.1, 0.15) is 18.1 Å². The van der Waals surface area contributed by atoms with Crippen molar-refractivity contribution in [2.75, 3.05) is 32.2 Å². The van der Waals surface area contributed by atoms with Gasteiger partial charge >= 0.3 is 11.9 Å². The Morgan fingerprint density at radius 1 is 1.06 bits per heavy atom. The molecule has 182 valence electrons. The van der Waals surface area contributed by atoms with Crippen molar-refractivity contribution in [2.24, 2.45) is 5.73 Å². The molecule has 0 unspecified atom stereocenters. The molecule has 9 nitrogen and oxygen atoms in total. The molecular weight excluding hydrogens is 520 g/mol. The summed E-state index contributed by atoms with van der Waals surface area (Å²) in [5, 5.41) is 2.78. The van der Waals surface area contributed by atoms with E-state index in [1.54, 1.807) is 55.5 Å². The molecule has 2 aromatic rings. The number of halogens is 1. The first-order chi connectivity index (χ1) is 16.9. The Labute approximate surface area is 210 Å². The zero-order chi connectivity index (χ0) is 25.2. The highest BCUT2D eigenvalue weighted by Gasteiger charge is 2.62. The van der Waals surface area contributed by atoms with Gasteiger partial charge in [-0.3, -0.25) is 4.79 Å². The maximum Gasteiger partial charge on any atom is 0.341 e. The molecule has 0 saturated carbocycles. The quantitative estimate of drug-likeness (QED) is 0.403. The monoisotopic (exact) mass is 542 g/mol. The molecule has 0 radical (unpaired) electrons. The van der Waals surface area contributed by atoms with E-state index in [-0.39, 0.29) is 42.6 Å². The van der Waals surface area contributed by atoms with Crippen LogP contribution >= 0.6 is 15.9 Å². The summed E-state index contributed by atoms with van der Waals surface area (Å²) in [6.45, 7) is 1.68. The third-order valence-corrected chi connectivity index (χ3v) is 6.14. The SMILES string of the molecule is CCOC(=O)C1=C(N)OC(c2ccccc2)=C(C(=O)OCCOC)[C@@]12C(=O)Nc1ccc(Br)cc12. The number of ether oxygens (including phenoxy) is 4. The fourth-order valence-corrected chi connectivity index (χ4v) is 4.61. The van der Waals surface area contributed by atoms with Crippen LogP contribution in [-0.4, -0.2) is 44.8 Å². The molecule has 10 heteroatoms. The number of methoxy groups -OCH3 is 1. The maximum atomic E-state index is 13.9. The first kappa shape index (κ1) is 24.5. The first-order valence-electron chi connectivity index (χ1n) is 10.8. The second-order valence-electron chi connectivity index (χ2n) is 7.65. The summed E-state index contributed by atoms with van der Waals surface area (Å²) in [6.07, 6.45) is 0. The van der Waals surface area contributed by atoms with Gasteiger partial charge in [-0.2, -0.15) is 0 Å². The number of benzene rings is 2. The third kappa shape index (κ3) is 4.08. The number of rotatable bonds is 7. The summed E-state index contributed by atoms with van der Waals surface area (Å²) in [5.41, 5.74) is 5.03. The van der Waals surface area contributed by atoms with Crippen LogP contribution in [0.5, 0.6) is 0 Å². The van der Waals surface area contributed by atoms with Gasteiger partial charge in [0.05, 0.1) is 13.2 Å². The fourth-order valence-electron chi connectivity index (χ4n) is 4.25. The lowest BCUT2D eigenvalue weighted by Gasteiger charge is -2.36. The number of carbonyl (C=O) groups excluding carboxylic acids is 3. The molecule has 2 heterocycles. The highest BCUT2D eigenvalue weighted by atomic mass is 79.9. The Kier molecular flexibility index (Phi) is 6.95. The van der Waals surface area contributed by atoms with Crippen LogP contribution < -0.4 is 11.1 Å². The summed E-state index contributed by atoms with van der Waals surface area (Å²) in [7, 11) is 1.47. The van der Waals surface area contributed by atoms with Gasteiger partial charge in [-0.25, -0.2) is 9.59 Å². The molecule has 0 saturated heterocycles. The van der Waals surface area contributed by atoms with Crippen molar-refractivity contribution in [1.82, 2.24) is 0 Å². The second kappa shape index (κ2) is 9.93. The zero-order valence-electron chi connectivity index (χ0n) is 19.1. The number of hydrogen-bond donors (Lipinski definition) is 2. The van der Waals surface area contributed by atoms with Crippen LogP contribution in [0.25, 0.3) is 5.76 Å². The van der Waals surface area contributed by atoms with Crippen LogP contribution in [0.2, 0.25) is 0 Å². The van der Waals surface area contributed by atoms with Gasteiger partial charge in [0.25, 0.3) is 0 Å². The summed E-state index contributed by atoms with van der Waals surface area (Å²) in [5.74, 6) is -2.76. The van der Waals surface area contributed by atoms with Crippen LogP contribution in [0.4, 0.5) is 5.69 Å². The van der Waals surface area contributed by atoms with Crippen molar-refractivity contribution in [3.8, 4) is 0 Å². The highest BCUT2D eigenvalue weighted by molar-refractivity contribution is 9.10. The van der Waals surface area contributed by atoms with Crippen molar-refractivity contribution in [1.29, 1.82) is 0 Å². The van der Waals surface area contributed by atoms with Crippen molar-refractivity contribution < 1.29 is 33.3 Å². The fraction of sp³-hybridized carbons (Fsp3) is 0.240. The van der Waals surface area contributed by atoms with Gasteiger partial charge in [0.2, 0.25) is 11.8 Å². The van der Waals surface area contributed by atoms with E-state index in [4.69, 9.17) is 24.7 Å². The van der Waals surface area contributed by atoms with Crippen LogP contribution in [0.15, 0.2) is 70.0 Å². The standard InChI is InChI=1S/C25H23BrN2O7/c1-3-33-23(30)19-21(27)35-20(14-7-5-4-6-8-14)18(22(29)34-12-11-32-2)25(19)16-13-15(26)9-10-17(16)28-24(25)31/h4-10,13H,3,11-12,27H2,1-2H3,(H,28,31)/t25-/m1/s1. The number of nitrogens with two attached hydrogens (primary N) is 1. The van der Waals surface area contributed by atoms with E-state index in [0.29, 0.717) is 21.3 Å². The van der Waals surface area contributed by atoms with Gasteiger partial charge in [0.15, 0.2) is 0 Å². The Bertz CT molecular complexity index is 1260. The second-order valence-corrected chi connectivity index (χ2v) is 8.57. The largest absolute Gasteiger partial charge is 0.462 e. The van der Waals surface area contributed by atoms with E-state index in [9.17, 15) is 14.4 Å². The van der Waals surface area contributed by atoms with Gasteiger partial charge in [0.1, 0.15) is 28.9 Å². The molecular formula is C25H23BrN2O7. The Balaban J connectivity index is 2.08. The van der Waals surface area contributed by atoms with Gasteiger partial charge in [-0.1, -0.05) is 46.3 Å². The van der Waals surface area contributed by atoms with Gasteiger partial charge in [0, 0.05) is 28.4 Å². The lowest BCUT2D eigenvalue weighted by atomic mass is 9.67. The molecule has 0 aliphatic carbocycles. The number of hydrogen-bond acceptors (Lipinski definition) is 8. The summed E-state index contributed by atoms with van der Waals surface area (Å²) >= 11 is 3.42. The molecule has 1 amide bonds. The topological polar surface area (TPSA) is 126 Å². The molecule has 0 bridgehead atoms. The average molecular weight is 543 g/mol. The molecule has 0 aromatic heterocycles. The molecule has 35 heavy (non-hydrogen) atoms. The van der Waals surface area contributed by atoms with Crippen molar-refractivity contribution in [3.05, 3.63) is 81.2 Å². The van der Waals surface area contributed by atoms with Crippen LogP contribution in [0, 0.1) is 0 Å². The highest BCUT2D eigenvalue weighted by Crippen LogP contribution is 2.54. The third-order valence-electron chi connectivity index (χ3n) is 5.65. The van der Waals surface area contributed by atoms with Crippen molar-refractivity contribution in [2.45, 2.75) is 12.3 Å². The summed E-state index contributed by atoms with van der Waals surface area (Å²) in [4.78, 5) is 40.8. The molecule has 0 fully saturated rings. The minimum Gasteiger partial charge on any atom is -0.462 e. The minimum atomic E-state index is -1.98. The lowest BCUT2D eigenvalue weighted by Crippen LogP contribution is -2.48.